The van der Waals surface area contributed by atoms with Crippen molar-refractivity contribution < 1.29 is 5.11 Å². The van der Waals surface area contributed by atoms with E-state index in [1.807, 2.05) is 36.3 Å². The van der Waals surface area contributed by atoms with Crippen molar-refractivity contribution in [3.8, 4) is 5.75 Å². The molecular weight excluding hydrogens is 342 g/mol. The minimum Gasteiger partial charge on any atom is -0.506 e. The van der Waals surface area contributed by atoms with E-state index in [1.54, 1.807) is 6.07 Å². The van der Waals surface area contributed by atoms with Gasteiger partial charge in [-0.1, -0.05) is 17.7 Å². The average molecular weight is 364 g/mol. The van der Waals surface area contributed by atoms with E-state index in [9.17, 15) is 5.11 Å². The van der Waals surface area contributed by atoms with E-state index >= 15 is 0 Å². The van der Waals surface area contributed by atoms with E-state index in [0.29, 0.717) is 5.02 Å². The Hall–Kier alpha value is -1.27. The first-order valence-electron chi connectivity index (χ1n) is 8.15. The molecule has 0 radical (unpaired) electrons. The fourth-order valence-corrected chi connectivity index (χ4v) is 3.91. The summed E-state index contributed by atoms with van der Waals surface area (Å²) in [4.78, 5) is 10.3. The summed E-state index contributed by atoms with van der Waals surface area (Å²) >= 11 is 7.87. The Morgan fingerprint density at radius 3 is 2.46 bits per heavy atom. The Balaban J connectivity index is 1.38. The van der Waals surface area contributed by atoms with Gasteiger partial charge in [0.25, 0.3) is 0 Å². The van der Waals surface area contributed by atoms with Crippen molar-refractivity contribution in [1.29, 1.82) is 0 Å². The van der Waals surface area contributed by atoms with Crippen LogP contribution in [0, 0.1) is 0 Å². The number of benzene rings is 1. The number of aromatic nitrogens is 1. The molecule has 3 rings (SSSR count). The first-order valence-corrected chi connectivity index (χ1v) is 9.52. The number of pyridine rings is 1. The van der Waals surface area contributed by atoms with E-state index in [4.69, 9.17) is 11.6 Å². The molecule has 0 bridgehead atoms. The third-order valence-corrected chi connectivity index (χ3v) is 5.50. The van der Waals surface area contributed by atoms with Crippen molar-refractivity contribution >= 4 is 23.4 Å². The van der Waals surface area contributed by atoms with Gasteiger partial charge in [0.15, 0.2) is 0 Å². The van der Waals surface area contributed by atoms with Crippen molar-refractivity contribution in [3.05, 3.63) is 53.3 Å². The Morgan fingerprint density at radius 2 is 1.75 bits per heavy atom. The lowest BCUT2D eigenvalue weighted by atomic mass is 10.2. The number of phenolic OH excluding ortho intramolecular Hbond substituents is 1. The third-order valence-electron chi connectivity index (χ3n) is 4.21. The predicted molar refractivity (Wildman–Crippen MR) is 99.8 cm³/mol. The molecule has 1 fully saturated rings. The number of piperazine rings is 1. The molecule has 2 aromatic rings. The fraction of sp³-hybridized carbons (Fsp3) is 0.389. The van der Waals surface area contributed by atoms with Crippen LogP contribution in [-0.4, -0.2) is 58.4 Å². The van der Waals surface area contributed by atoms with Gasteiger partial charge in [-0.2, -0.15) is 0 Å². The smallest absolute Gasteiger partial charge is 0.134 e. The van der Waals surface area contributed by atoms with Gasteiger partial charge in [-0.05, 0) is 29.8 Å². The molecule has 2 heterocycles. The summed E-state index contributed by atoms with van der Waals surface area (Å²) in [5.41, 5.74) is 1.15. The van der Waals surface area contributed by atoms with Gasteiger partial charge in [-0.25, -0.2) is 0 Å². The van der Waals surface area contributed by atoms with E-state index in [0.717, 1.165) is 50.6 Å². The van der Waals surface area contributed by atoms with E-state index in [-0.39, 0.29) is 5.75 Å². The summed E-state index contributed by atoms with van der Waals surface area (Å²) in [6, 6.07) is 9.59. The summed E-state index contributed by atoms with van der Waals surface area (Å²) in [7, 11) is 0. The lowest BCUT2D eigenvalue weighted by molar-refractivity contribution is 0.133. The van der Waals surface area contributed by atoms with Crippen LogP contribution in [0.15, 0.2) is 47.6 Å². The molecule has 4 nitrogen and oxygen atoms in total. The van der Waals surface area contributed by atoms with Crippen LogP contribution >= 0.6 is 23.4 Å². The molecule has 24 heavy (non-hydrogen) atoms. The number of hydrogen-bond acceptors (Lipinski definition) is 5. The minimum absolute atomic E-state index is 0.150. The second-order valence-electron chi connectivity index (χ2n) is 5.93. The van der Waals surface area contributed by atoms with Crippen LogP contribution in [0.5, 0.6) is 5.75 Å². The second kappa shape index (κ2) is 8.72. The molecule has 0 unspecified atom stereocenters. The van der Waals surface area contributed by atoms with Gasteiger partial charge < -0.3 is 5.11 Å². The van der Waals surface area contributed by atoms with Gasteiger partial charge in [0, 0.05) is 62.3 Å². The zero-order chi connectivity index (χ0) is 16.8. The predicted octanol–water partition coefficient (Wildman–Crippen LogP) is 3.35. The molecule has 0 aliphatic carbocycles. The molecule has 1 N–H and O–H groups in total. The quantitative estimate of drug-likeness (QED) is 0.797. The molecule has 0 amide bonds. The third kappa shape index (κ3) is 5.11. The number of aromatic hydroxyl groups is 1. The number of nitrogens with zero attached hydrogens (tertiary/aromatic N) is 3. The van der Waals surface area contributed by atoms with Crippen molar-refractivity contribution in [2.75, 3.05) is 38.5 Å². The zero-order valence-electron chi connectivity index (χ0n) is 13.6. The zero-order valence-corrected chi connectivity index (χ0v) is 15.1. The molecule has 1 aliphatic rings. The summed E-state index contributed by atoms with van der Waals surface area (Å²) < 4.78 is 0. The highest BCUT2D eigenvalue weighted by Gasteiger charge is 2.17. The molecule has 1 aliphatic heterocycles. The Bertz CT molecular complexity index is 648. The number of thioether (sulfide) groups is 1. The molecule has 1 saturated heterocycles. The minimum atomic E-state index is 0.150. The Kier molecular flexibility index (Phi) is 6.37. The summed E-state index contributed by atoms with van der Waals surface area (Å²) in [5.74, 6) is 1.26. The van der Waals surface area contributed by atoms with E-state index in [1.165, 1.54) is 4.90 Å². The van der Waals surface area contributed by atoms with E-state index in [2.05, 4.69) is 26.9 Å². The van der Waals surface area contributed by atoms with Gasteiger partial charge in [0.1, 0.15) is 5.75 Å². The standard InChI is InChI=1S/C18H22ClN3OS/c19-17-13-15(1-2-18(17)23)14-22-9-7-21(8-10-22)11-12-24-16-3-5-20-6-4-16/h1-6,13,23H,7-12,14H2. The van der Waals surface area contributed by atoms with Crippen LogP contribution in [0.4, 0.5) is 0 Å². The summed E-state index contributed by atoms with van der Waals surface area (Å²) in [6.45, 7) is 6.34. The van der Waals surface area contributed by atoms with Crippen molar-refractivity contribution in [1.82, 2.24) is 14.8 Å². The van der Waals surface area contributed by atoms with Crippen LogP contribution in [0.25, 0.3) is 0 Å². The summed E-state index contributed by atoms with van der Waals surface area (Å²) in [6.07, 6.45) is 3.69. The maximum atomic E-state index is 9.49. The number of phenols is 1. The molecule has 1 aromatic heterocycles. The monoisotopic (exact) mass is 363 g/mol. The van der Waals surface area contributed by atoms with Gasteiger partial charge in [0.05, 0.1) is 5.02 Å². The number of rotatable bonds is 6. The van der Waals surface area contributed by atoms with E-state index < -0.39 is 0 Å². The Morgan fingerprint density at radius 1 is 1.04 bits per heavy atom. The van der Waals surface area contributed by atoms with Crippen LogP contribution < -0.4 is 0 Å². The highest BCUT2D eigenvalue weighted by atomic mass is 35.5. The molecule has 0 atom stereocenters. The SMILES string of the molecule is Oc1ccc(CN2CCN(CCSc3ccncc3)CC2)cc1Cl. The molecule has 1 aromatic carbocycles. The van der Waals surface area contributed by atoms with Crippen LogP contribution in [0.3, 0.4) is 0 Å². The fourth-order valence-electron chi connectivity index (χ4n) is 2.81. The lowest BCUT2D eigenvalue weighted by Crippen LogP contribution is -2.46. The van der Waals surface area contributed by atoms with Crippen molar-refractivity contribution in [3.63, 3.8) is 0 Å². The average Bonchev–Trinajstić information content (AvgIpc) is 2.61. The molecule has 0 saturated carbocycles. The largest absolute Gasteiger partial charge is 0.506 e. The molecule has 0 spiro atoms. The van der Waals surface area contributed by atoms with Crippen LogP contribution in [-0.2, 0) is 6.54 Å². The highest BCUT2D eigenvalue weighted by molar-refractivity contribution is 7.99. The highest BCUT2D eigenvalue weighted by Crippen LogP contribution is 2.24. The Labute approximate surface area is 152 Å². The number of hydrogen-bond donors (Lipinski definition) is 1. The van der Waals surface area contributed by atoms with Crippen LogP contribution in [0.1, 0.15) is 5.56 Å². The summed E-state index contributed by atoms with van der Waals surface area (Å²) in [5, 5.41) is 9.92. The molecule has 128 valence electrons. The van der Waals surface area contributed by atoms with Gasteiger partial charge in [-0.3, -0.25) is 14.8 Å². The maximum Gasteiger partial charge on any atom is 0.134 e. The first-order chi connectivity index (χ1) is 11.7. The molecule has 6 heteroatoms. The lowest BCUT2D eigenvalue weighted by Gasteiger charge is -2.34. The van der Waals surface area contributed by atoms with Crippen LogP contribution in [0.2, 0.25) is 5.02 Å². The molecular formula is C18H22ClN3OS. The first kappa shape index (κ1) is 17.5. The van der Waals surface area contributed by atoms with Crippen molar-refractivity contribution in [2.45, 2.75) is 11.4 Å². The van der Waals surface area contributed by atoms with Gasteiger partial charge >= 0.3 is 0 Å². The topological polar surface area (TPSA) is 39.6 Å². The maximum absolute atomic E-state index is 9.49. The number of halogens is 1. The van der Waals surface area contributed by atoms with Gasteiger partial charge in [-0.15, -0.1) is 11.8 Å². The van der Waals surface area contributed by atoms with Crippen molar-refractivity contribution in [2.24, 2.45) is 0 Å². The van der Waals surface area contributed by atoms with Gasteiger partial charge in [0.2, 0.25) is 0 Å². The second-order valence-corrected chi connectivity index (χ2v) is 7.51. The normalized spacial score (nSPS) is 16.4.